The lowest BCUT2D eigenvalue weighted by atomic mass is 9.72. The van der Waals surface area contributed by atoms with Gasteiger partial charge >= 0.3 is 0 Å². The molecule has 1 saturated carbocycles. The van der Waals surface area contributed by atoms with Crippen LogP contribution in [0.1, 0.15) is 36.8 Å². The Balaban J connectivity index is 2.41. The molecule has 82 valence electrons. The molecule has 4 heteroatoms. The zero-order valence-corrected chi connectivity index (χ0v) is 8.90. The van der Waals surface area contributed by atoms with Gasteiger partial charge in [0.05, 0.1) is 0 Å². The summed E-state index contributed by atoms with van der Waals surface area (Å²) in [6.45, 7) is 0. The van der Waals surface area contributed by atoms with Crippen molar-refractivity contribution < 1.29 is 8.78 Å². The third-order valence-electron chi connectivity index (χ3n) is 3.02. The van der Waals surface area contributed by atoms with Crippen LogP contribution in [0.2, 0.25) is 5.02 Å². The van der Waals surface area contributed by atoms with Gasteiger partial charge in [0.15, 0.2) is 0 Å². The number of rotatable bonds is 2. The van der Waals surface area contributed by atoms with E-state index in [1.807, 2.05) is 0 Å². The van der Waals surface area contributed by atoms with Crippen molar-refractivity contribution >= 4 is 11.6 Å². The molecule has 1 fully saturated rings. The van der Waals surface area contributed by atoms with Crippen LogP contribution < -0.4 is 5.73 Å². The standard InChI is InChI=1S/C11H12ClF2N/c12-9-3-2-7(10(13)14)6-8(9)11(15)4-1-5-11/h2-3,6,10H,1,4-5,15H2. The average Bonchev–Trinajstić information content (AvgIpc) is 2.14. The van der Waals surface area contributed by atoms with Gasteiger partial charge in [-0.3, -0.25) is 0 Å². The molecule has 1 aliphatic rings. The van der Waals surface area contributed by atoms with E-state index in [1.54, 1.807) is 0 Å². The van der Waals surface area contributed by atoms with Gasteiger partial charge < -0.3 is 5.73 Å². The number of nitrogens with two attached hydrogens (primary N) is 1. The quantitative estimate of drug-likeness (QED) is 0.827. The van der Waals surface area contributed by atoms with Crippen molar-refractivity contribution in [2.45, 2.75) is 31.2 Å². The molecule has 1 aliphatic carbocycles. The van der Waals surface area contributed by atoms with Gasteiger partial charge in [-0.1, -0.05) is 17.7 Å². The van der Waals surface area contributed by atoms with Crippen LogP contribution in [-0.4, -0.2) is 0 Å². The highest BCUT2D eigenvalue weighted by molar-refractivity contribution is 6.31. The number of hydrogen-bond acceptors (Lipinski definition) is 1. The Labute approximate surface area is 92.2 Å². The van der Waals surface area contributed by atoms with E-state index < -0.39 is 12.0 Å². The maximum Gasteiger partial charge on any atom is 0.263 e. The molecule has 1 nitrogen and oxygen atoms in total. The van der Waals surface area contributed by atoms with Gasteiger partial charge in [-0.15, -0.1) is 0 Å². The molecule has 0 atom stereocenters. The topological polar surface area (TPSA) is 26.0 Å². The molecule has 2 N–H and O–H groups in total. The largest absolute Gasteiger partial charge is 0.321 e. The number of benzene rings is 1. The fraction of sp³-hybridized carbons (Fsp3) is 0.455. The van der Waals surface area contributed by atoms with Crippen molar-refractivity contribution in [1.82, 2.24) is 0 Å². The minimum Gasteiger partial charge on any atom is -0.321 e. The van der Waals surface area contributed by atoms with Crippen LogP contribution in [0.25, 0.3) is 0 Å². The maximum atomic E-state index is 12.5. The zero-order chi connectivity index (χ0) is 11.1. The lowest BCUT2D eigenvalue weighted by Crippen LogP contribution is -2.43. The highest BCUT2D eigenvalue weighted by Crippen LogP contribution is 2.42. The predicted molar refractivity (Wildman–Crippen MR) is 56.1 cm³/mol. The summed E-state index contributed by atoms with van der Waals surface area (Å²) >= 11 is 5.97. The molecule has 0 aliphatic heterocycles. The van der Waals surface area contributed by atoms with Crippen molar-refractivity contribution in [2.24, 2.45) is 5.73 Å². The minimum absolute atomic E-state index is 0.00822. The molecule has 2 rings (SSSR count). The Hall–Kier alpha value is -0.670. The second-order valence-electron chi connectivity index (χ2n) is 4.05. The van der Waals surface area contributed by atoms with E-state index in [4.69, 9.17) is 17.3 Å². The SMILES string of the molecule is NC1(c2cc(C(F)F)ccc2Cl)CCC1. The first-order valence-electron chi connectivity index (χ1n) is 4.90. The molecule has 0 radical (unpaired) electrons. The van der Waals surface area contributed by atoms with E-state index in [0.29, 0.717) is 10.6 Å². The summed E-state index contributed by atoms with van der Waals surface area (Å²) in [5.41, 5.74) is 6.23. The molecule has 0 bridgehead atoms. The molecule has 0 aromatic heterocycles. The minimum atomic E-state index is -2.47. The van der Waals surface area contributed by atoms with E-state index in [0.717, 1.165) is 19.3 Å². The van der Waals surface area contributed by atoms with E-state index in [1.165, 1.54) is 18.2 Å². The Kier molecular flexibility index (Phi) is 2.69. The van der Waals surface area contributed by atoms with Crippen molar-refractivity contribution in [3.05, 3.63) is 34.3 Å². The highest BCUT2D eigenvalue weighted by atomic mass is 35.5. The van der Waals surface area contributed by atoms with E-state index in [-0.39, 0.29) is 5.56 Å². The molecule has 0 heterocycles. The van der Waals surface area contributed by atoms with Crippen LogP contribution in [-0.2, 0) is 5.54 Å². The Morgan fingerprint density at radius 2 is 2.00 bits per heavy atom. The lowest BCUT2D eigenvalue weighted by Gasteiger charge is -2.39. The summed E-state index contributed by atoms with van der Waals surface area (Å²) in [5.74, 6) is 0. The summed E-state index contributed by atoms with van der Waals surface area (Å²) in [6.07, 6.45) is 0.203. The molecule has 0 saturated heterocycles. The first kappa shape index (κ1) is 10.8. The highest BCUT2D eigenvalue weighted by Gasteiger charge is 2.36. The van der Waals surface area contributed by atoms with Crippen molar-refractivity contribution in [3.8, 4) is 0 Å². The Morgan fingerprint density at radius 3 is 2.47 bits per heavy atom. The second kappa shape index (κ2) is 3.72. The van der Waals surface area contributed by atoms with Gasteiger partial charge in [-0.05, 0) is 37.0 Å². The predicted octanol–water partition coefficient (Wildman–Crippen LogP) is 3.62. The van der Waals surface area contributed by atoms with Gasteiger partial charge in [0.25, 0.3) is 6.43 Å². The molecule has 0 unspecified atom stereocenters. The monoisotopic (exact) mass is 231 g/mol. The van der Waals surface area contributed by atoms with E-state index in [9.17, 15) is 8.78 Å². The summed E-state index contributed by atoms with van der Waals surface area (Å²) in [5, 5.41) is 0.488. The zero-order valence-electron chi connectivity index (χ0n) is 8.14. The third-order valence-corrected chi connectivity index (χ3v) is 3.35. The normalized spacial score (nSPS) is 19.0. The van der Waals surface area contributed by atoms with Gasteiger partial charge in [0, 0.05) is 16.1 Å². The summed E-state index contributed by atoms with van der Waals surface area (Å²) < 4.78 is 25.0. The maximum absolute atomic E-state index is 12.5. The summed E-state index contributed by atoms with van der Waals surface area (Å²) in [7, 11) is 0. The molecule has 15 heavy (non-hydrogen) atoms. The number of alkyl halides is 2. The van der Waals surface area contributed by atoms with Gasteiger partial charge in [-0.25, -0.2) is 8.78 Å². The van der Waals surface area contributed by atoms with Crippen LogP contribution in [0, 0.1) is 0 Å². The fourth-order valence-electron chi connectivity index (χ4n) is 1.89. The van der Waals surface area contributed by atoms with Crippen molar-refractivity contribution in [2.75, 3.05) is 0 Å². The van der Waals surface area contributed by atoms with Gasteiger partial charge in [-0.2, -0.15) is 0 Å². The number of hydrogen-bond donors (Lipinski definition) is 1. The first-order valence-corrected chi connectivity index (χ1v) is 5.28. The lowest BCUT2D eigenvalue weighted by molar-refractivity contribution is 0.150. The third kappa shape index (κ3) is 1.86. The summed E-state index contributed by atoms with van der Waals surface area (Å²) in [4.78, 5) is 0. The van der Waals surface area contributed by atoms with Crippen LogP contribution in [0.4, 0.5) is 8.78 Å². The van der Waals surface area contributed by atoms with Crippen LogP contribution in [0.3, 0.4) is 0 Å². The first-order chi connectivity index (χ1) is 7.03. The molecular formula is C11H12ClF2N. The van der Waals surface area contributed by atoms with E-state index >= 15 is 0 Å². The van der Waals surface area contributed by atoms with E-state index in [2.05, 4.69) is 0 Å². The van der Waals surface area contributed by atoms with Crippen LogP contribution in [0.15, 0.2) is 18.2 Å². The molecule has 1 aromatic carbocycles. The molecule has 0 amide bonds. The second-order valence-corrected chi connectivity index (χ2v) is 4.46. The Morgan fingerprint density at radius 1 is 1.33 bits per heavy atom. The Bertz CT molecular complexity index is 375. The number of halogens is 3. The molecule has 1 aromatic rings. The average molecular weight is 232 g/mol. The molecular weight excluding hydrogens is 220 g/mol. The van der Waals surface area contributed by atoms with Gasteiger partial charge in [0.1, 0.15) is 0 Å². The fourth-order valence-corrected chi connectivity index (χ4v) is 2.19. The van der Waals surface area contributed by atoms with Crippen molar-refractivity contribution in [1.29, 1.82) is 0 Å². The van der Waals surface area contributed by atoms with Crippen LogP contribution >= 0.6 is 11.6 Å². The van der Waals surface area contributed by atoms with Crippen LogP contribution in [0.5, 0.6) is 0 Å². The summed E-state index contributed by atoms with van der Waals surface area (Å²) in [6, 6.07) is 4.29. The van der Waals surface area contributed by atoms with Gasteiger partial charge in [0.2, 0.25) is 0 Å². The smallest absolute Gasteiger partial charge is 0.263 e. The molecule has 0 spiro atoms. The van der Waals surface area contributed by atoms with Crippen molar-refractivity contribution in [3.63, 3.8) is 0 Å².